The number of hydrogen-bond donors (Lipinski definition) is 1. The monoisotopic (exact) mass is 412 g/mol. The maximum Gasteiger partial charge on any atom is 0.319 e. The Morgan fingerprint density at radius 3 is 2.27 bits per heavy atom. The summed E-state index contributed by atoms with van der Waals surface area (Å²) in [6.07, 6.45) is 5.80. The summed E-state index contributed by atoms with van der Waals surface area (Å²) in [5.41, 5.74) is 7.99. The van der Waals surface area contributed by atoms with Crippen LogP contribution in [-0.2, 0) is 11.2 Å². The van der Waals surface area contributed by atoms with Crippen LogP contribution in [0, 0.1) is 11.8 Å². The summed E-state index contributed by atoms with van der Waals surface area (Å²) in [4.78, 5) is 31.7. The third-order valence-electron chi connectivity index (χ3n) is 7.55. The molecule has 1 unspecified atom stereocenters. The van der Waals surface area contributed by atoms with Crippen LogP contribution >= 0.6 is 0 Å². The summed E-state index contributed by atoms with van der Waals surface area (Å²) in [7, 11) is 0. The van der Waals surface area contributed by atoms with Crippen LogP contribution in [0.3, 0.4) is 0 Å². The summed E-state index contributed by atoms with van der Waals surface area (Å²) in [5, 5.41) is 0. The van der Waals surface area contributed by atoms with Gasteiger partial charge in [-0.15, -0.1) is 0 Å². The van der Waals surface area contributed by atoms with Gasteiger partial charge in [0.05, 0.1) is 0 Å². The first-order valence-corrected chi connectivity index (χ1v) is 11.6. The third-order valence-corrected chi connectivity index (χ3v) is 7.55. The molecule has 1 saturated carbocycles. The number of amides is 3. The lowest BCUT2D eigenvalue weighted by atomic mass is 9.75. The minimum atomic E-state index is -0.353. The highest BCUT2D eigenvalue weighted by atomic mass is 16.2. The first-order chi connectivity index (χ1) is 14.5. The first kappa shape index (κ1) is 21.2. The van der Waals surface area contributed by atoms with Crippen molar-refractivity contribution in [3.8, 4) is 0 Å². The number of piperazine rings is 1. The van der Waals surface area contributed by atoms with Crippen molar-refractivity contribution >= 4 is 17.6 Å². The Hall–Kier alpha value is -2.08. The number of primary amides is 1. The van der Waals surface area contributed by atoms with Gasteiger partial charge in [0.2, 0.25) is 5.91 Å². The van der Waals surface area contributed by atoms with E-state index < -0.39 is 0 Å². The average molecular weight is 413 g/mol. The lowest BCUT2D eigenvalue weighted by Gasteiger charge is -2.43. The zero-order valence-corrected chi connectivity index (χ0v) is 18.4. The van der Waals surface area contributed by atoms with E-state index in [2.05, 4.69) is 29.7 Å². The minimum Gasteiger partial charge on any atom is -0.351 e. The van der Waals surface area contributed by atoms with Crippen LogP contribution in [0.5, 0.6) is 0 Å². The van der Waals surface area contributed by atoms with Crippen molar-refractivity contribution in [1.29, 1.82) is 0 Å². The van der Waals surface area contributed by atoms with E-state index in [4.69, 9.17) is 5.73 Å². The second-order valence-electron chi connectivity index (χ2n) is 9.51. The van der Waals surface area contributed by atoms with E-state index in [1.807, 2.05) is 23.1 Å². The molecule has 1 aromatic rings. The van der Waals surface area contributed by atoms with E-state index >= 15 is 0 Å². The van der Waals surface area contributed by atoms with Crippen molar-refractivity contribution in [2.24, 2.45) is 17.6 Å². The second-order valence-corrected chi connectivity index (χ2v) is 9.51. The summed E-state index contributed by atoms with van der Waals surface area (Å²) < 4.78 is 0. The molecule has 1 saturated heterocycles. The van der Waals surface area contributed by atoms with Gasteiger partial charge in [0.25, 0.3) is 0 Å². The molecule has 164 valence electrons. The van der Waals surface area contributed by atoms with Crippen molar-refractivity contribution in [2.45, 2.75) is 64.5 Å². The fourth-order valence-corrected chi connectivity index (χ4v) is 5.76. The highest BCUT2D eigenvalue weighted by Gasteiger charge is 2.39. The topological polar surface area (TPSA) is 69.9 Å². The quantitative estimate of drug-likeness (QED) is 0.829. The van der Waals surface area contributed by atoms with Gasteiger partial charge in [-0.1, -0.05) is 18.2 Å². The molecule has 3 aliphatic rings. The predicted octanol–water partition coefficient (Wildman–Crippen LogP) is 3.25. The third kappa shape index (κ3) is 4.20. The minimum absolute atomic E-state index is 0.143. The van der Waals surface area contributed by atoms with Gasteiger partial charge in [0.15, 0.2) is 0 Å². The molecule has 6 nitrogen and oxygen atoms in total. The fraction of sp³-hybridized carbons (Fsp3) is 0.667. The smallest absolute Gasteiger partial charge is 0.319 e. The number of aryl methyl sites for hydroxylation is 1. The normalized spacial score (nSPS) is 27.8. The van der Waals surface area contributed by atoms with Crippen molar-refractivity contribution in [1.82, 2.24) is 9.80 Å². The maximum absolute atomic E-state index is 13.1. The van der Waals surface area contributed by atoms with Crippen LogP contribution in [0.2, 0.25) is 0 Å². The number of carbonyl (C=O) groups excluding carboxylic acids is 2. The Morgan fingerprint density at radius 1 is 0.967 bits per heavy atom. The second kappa shape index (κ2) is 8.96. The summed E-state index contributed by atoms with van der Waals surface area (Å²) in [6.45, 7) is 8.11. The van der Waals surface area contributed by atoms with E-state index in [9.17, 15) is 9.59 Å². The number of fused-ring (bicyclic) bond motifs is 1. The first-order valence-electron chi connectivity index (χ1n) is 11.6. The van der Waals surface area contributed by atoms with Crippen molar-refractivity contribution in [2.75, 3.05) is 31.1 Å². The molecule has 2 heterocycles. The van der Waals surface area contributed by atoms with Crippen LogP contribution in [0.15, 0.2) is 24.3 Å². The molecule has 3 amide bonds. The predicted molar refractivity (Wildman–Crippen MR) is 119 cm³/mol. The SMILES string of the molecule is CC(C)N1CCN(C(=O)C2CCC(C3CCc4ccccc4N3C(N)=O)CC2)CC1. The molecule has 1 atom stereocenters. The summed E-state index contributed by atoms with van der Waals surface area (Å²) in [6, 6.07) is 8.46. The molecule has 6 heteroatoms. The van der Waals surface area contributed by atoms with Crippen molar-refractivity contribution < 1.29 is 9.59 Å². The van der Waals surface area contributed by atoms with E-state index in [-0.39, 0.29) is 18.0 Å². The van der Waals surface area contributed by atoms with E-state index in [0.717, 1.165) is 70.4 Å². The molecular formula is C24H36N4O2. The zero-order valence-electron chi connectivity index (χ0n) is 18.4. The number of para-hydroxylation sites is 1. The highest BCUT2D eigenvalue weighted by molar-refractivity contribution is 5.92. The molecule has 0 radical (unpaired) electrons. The number of benzene rings is 1. The molecule has 0 bridgehead atoms. The molecule has 30 heavy (non-hydrogen) atoms. The van der Waals surface area contributed by atoms with Crippen LogP contribution in [0.4, 0.5) is 10.5 Å². The van der Waals surface area contributed by atoms with Crippen molar-refractivity contribution in [3.63, 3.8) is 0 Å². The van der Waals surface area contributed by atoms with Gasteiger partial charge < -0.3 is 10.6 Å². The summed E-state index contributed by atoms with van der Waals surface area (Å²) in [5.74, 6) is 0.912. The van der Waals surface area contributed by atoms with E-state index in [1.54, 1.807) is 0 Å². The van der Waals surface area contributed by atoms with Gasteiger partial charge in [-0.2, -0.15) is 0 Å². The lowest BCUT2D eigenvalue weighted by Crippen LogP contribution is -2.53. The number of anilines is 1. The van der Waals surface area contributed by atoms with Crippen LogP contribution in [0.1, 0.15) is 51.5 Å². The number of hydrogen-bond acceptors (Lipinski definition) is 3. The number of nitrogens with two attached hydrogens (primary N) is 1. The maximum atomic E-state index is 13.1. The molecule has 2 fully saturated rings. The average Bonchev–Trinajstić information content (AvgIpc) is 2.77. The molecule has 1 aliphatic carbocycles. The number of carbonyl (C=O) groups is 2. The molecule has 0 aromatic heterocycles. The van der Waals surface area contributed by atoms with E-state index in [0.29, 0.717) is 17.9 Å². The summed E-state index contributed by atoms with van der Waals surface area (Å²) >= 11 is 0. The van der Waals surface area contributed by atoms with Gasteiger partial charge >= 0.3 is 6.03 Å². The van der Waals surface area contributed by atoms with E-state index in [1.165, 1.54) is 5.56 Å². The van der Waals surface area contributed by atoms with Gasteiger partial charge in [0, 0.05) is 49.9 Å². The Kier molecular flexibility index (Phi) is 6.32. The van der Waals surface area contributed by atoms with Gasteiger partial charge in [-0.05, 0) is 69.9 Å². The molecule has 2 N–H and O–H groups in total. The van der Waals surface area contributed by atoms with Crippen LogP contribution < -0.4 is 10.6 Å². The number of nitrogens with zero attached hydrogens (tertiary/aromatic N) is 3. The Bertz CT molecular complexity index is 764. The molecule has 2 aliphatic heterocycles. The number of urea groups is 1. The van der Waals surface area contributed by atoms with Gasteiger partial charge in [-0.25, -0.2) is 4.79 Å². The van der Waals surface area contributed by atoms with Gasteiger partial charge in [0.1, 0.15) is 0 Å². The van der Waals surface area contributed by atoms with Crippen LogP contribution in [-0.4, -0.2) is 60.0 Å². The Labute approximate surface area is 180 Å². The Balaban J connectivity index is 1.35. The lowest BCUT2D eigenvalue weighted by molar-refractivity contribution is -0.139. The zero-order chi connectivity index (χ0) is 21.3. The Morgan fingerprint density at radius 2 is 1.63 bits per heavy atom. The fourth-order valence-electron chi connectivity index (χ4n) is 5.76. The largest absolute Gasteiger partial charge is 0.351 e. The molecule has 1 aromatic carbocycles. The molecular weight excluding hydrogens is 376 g/mol. The van der Waals surface area contributed by atoms with Gasteiger partial charge in [-0.3, -0.25) is 14.6 Å². The standard InChI is InChI=1S/C24H36N4O2/c1-17(2)26-13-15-27(16-14-26)23(29)20-9-7-19(8-10-20)22-12-11-18-5-3-4-6-21(18)28(22)24(25)30/h3-6,17,19-20,22H,7-16H2,1-2H3,(H2,25,30). The molecule has 0 spiro atoms. The highest BCUT2D eigenvalue weighted by Crippen LogP contribution is 2.40. The van der Waals surface area contributed by atoms with Crippen molar-refractivity contribution in [3.05, 3.63) is 29.8 Å². The number of rotatable bonds is 3. The van der Waals surface area contributed by atoms with Crippen LogP contribution in [0.25, 0.3) is 0 Å². The molecule has 4 rings (SSSR count).